The lowest BCUT2D eigenvalue weighted by Crippen LogP contribution is -2.49. The highest BCUT2D eigenvalue weighted by atomic mass is 16.5. The molecule has 1 saturated heterocycles. The molecule has 8 heteroatoms. The maximum absolute atomic E-state index is 12.5. The fourth-order valence-corrected chi connectivity index (χ4v) is 3.02. The average Bonchev–Trinajstić information content (AvgIpc) is 3.11. The Kier molecular flexibility index (Phi) is 3.57. The van der Waals surface area contributed by atoms with Gasteiger partial charge in [-0.2, -0.15) is 9.61 Å². The van der Waals surface area contributed by atoms with Gasteiger partial charge in [0.1, 0.15) is 6.33 Å². The van der Waals surface area contributed by atoms with Gasteiger partial charge in [-0.1, -0.05) is 0 Å². The highest BCUT2D eigenvalue weighted by molar-refractivity contribution is 5.93. The third-order valence-corrected chi connectivity index (χ3v) is 4.27. The van der Waals surface area contributed by atoms with E-state index in [4.69, 9.17) is 4.74 Å². The van der Waals surface area contributed by atoms with Crippen LogP contribution in [0.4, 0.5) is 5.82 Å². The Hall–Kier alpha value is -2.64. The van der Waals surface area contributed by atoms with Crippen molar-refractivity contribution in [3.63, 3.8) is 0 Å². The summed E-state index contributed by atoms with van der Waals surface area (Å²) in [6, 6.07) is 0. The Morgan fingerprint density at radius 2 is 2.04 bits per heavy atom. The average molecular weight is 314 g/mol. The Balaban J connectivity index is 1.46. The van der Waals surface area contributed by atoms with E-state index in [-0.39, 0.29) is 5.91 Å². The van der Waals surface area contributed by atoms with Crippen LogP contribution >= 0.6 is 0 Å². The molecule has 2 aliphatic rings. The van der Waals surface area contributed by atoms with Crippen molar-refractivity contribution in [3.05, 3.63) is 30.6 Å². The van der Waals surface area contributed by atoms with Gasteiger partial charge in [0.2, 0.25) is 0 Å². The maximum Gasteiger partial charge on any atom is 0.252 e. The molecule has 0 saturated carbocycles. The fourth-order valence-electron chi connectivity index (χ4n) is 3.02. The number of hydrogen-bond acceptors (Lipinski definition) is 6. The summed E-state index contributed by atoms with van der Waals surface area (Å²) in [5, 5.41) is 4.24. The van der Waals surface area contributed by atoms with Gasteiger partial charge in [0.05, 0.1) is 30.8 Å². The molecule has 0 spiro atoms. The smallest absolute Gasteiger partial charge is 0.252 e. The van der Waals surface area contributed by atoms with Crippen LogP contribution < -0.4 is 4.90 Å². The van der Waals surface area contributed by atoms with Gasteiger partial charge in [-0.05, 0) is 12.8 Å². The number of anilines is 1. The van der Waals surface area contributed by atoms with Gasteiger partial charge in [-0.25, -0.2) is 4.98 Å². The number of carbonyl (C=O) groups excluding carboxylic acids is 1. The van der Waals surface area contributed by atoms with E-state index in [9.17, 15) is 4.79 Å². The molecule has 1 fully saturated rings. The molecule has 2 aromatic rings. The summed E-state index contributed by atoms with van der Waals surface area (Å²) in [5.74, 6) is 1.01. The minimum absolute atomic E-state index is 0.0986. The number of nitrogens with zero attached hydrogens (tertiary/aromatic N) is 6. The minimum atomic E-state index is 0.0986. The Morgan fingerprint density at radius 3 is 2.83 bits per heavy atom. The number of carbonyl (C=O) groups is 1. The molecule has 0 aromatic carbocycles. The molecule has 4 heterocycles. The number of amides is 1. The first kappa shape index (κ1) is 14.0. The van der Waals surface area contributed by atoms with Gasteiger partial charge in [-0.15, -0.1) is 0 Å². The van der Waals surface area contributed by atoms with Crippen LogP contribution in [-0.2, 0) is 9.53 Å². The fraction of sp³-hybridized carbons (Fsp3) is 0.467. The zero-order chi connectivity index (χ0) is 15.6. The lowest BCUT2D eigenvalue weighted by molar-refractivity contribution is -0.128. The van der Waals surface area contributed by atoms with Crippen LogP contribution in [0.3, 0.4) is 0 Å². The summed E-state index contributed by atoms with van der Waals surface area (Å²) in [6.45, 7) is 3.57. The zero-order valence-corrected chi connectivity index (χ0v) is 12.8. The summed E-state index contributed by atoms with van der Waals surface area (Å²) in [6.07, 6.45) is 8.34. The first-order chi connectivity index (χ1) is 11.3. The topological polar surface area (TPSA) is 75.9 Å². The number of aromatic nitrogens is 4. The number of fused-ring (bicyclic) bond motifs is 1. The molecule has 0 radical (unpaired) electrons. The molecule has 2 aromatic heterocycles. The van der Waals surface area contributed by atoms with Crippen LogP contribution in [0.1, 0.15) is 12.8 Å². The molecule has 23 heavy (non-hydrogen) atoms. The van der Waals surface area contributed by atoms with Gasteiger partial charge in [0.15, 0.2) is 11.5 Å². The molecule has 120 valence electrons. The molecule has 0 bridgehead atoms. The van der Waals surface area contributed by atoms with Gasteiger partial charge in [0, 0.05) is 26.2 Å². The monoisotopic (exact) mass is 314 g/mol. The zero-order valence-electron chi connectivity index (χ0n) is 12.8. The summed E-state index contributed by atoms with van der Waals surface area (Å²) >= 11 is 0. The molecular weight excluding hydrogens is 296 g/mol. The summed E-state index contributed by atoms with van der Waals surface area (Å²) in [4.78, 5) is 24.9. The van der Waals surface area contributed by atoms with Crippen molar-refractivity contribution in [2.24, 2.45) is 0 Å². The molecule has 0 atom stereocenters. The van der Waals surface area contributed by atoms with Crippen LogP contribution in [-0.4, -0.2) is 63.2 Å². The van der Waals surface area contributed by atoms with Crippen LogP contribution in [0.25, 0.3) is 5.65 Å². The van der Waals surface area contributed by atoms with Crippen molar-refractivity contribution in [1.29, 1.82) is 0 Å². The van der Waals surface area contributed by atoms with Crippen LogP contribution in [0, 0.1) is 0 Å². The Bertz CT molecular complexity index is 747. The van der Waals surface area contributed by atoms with Crippen LogP contribution in [0.5, 0.6) is 0 Å². The van der Waals surface area contributed by atoms with E-state index < -0.39 is 0 Å². The van der Waals surface area contributed by atoms with E-state index in [0.29, 0.717) is 19.7 Å². The predicted octanol–water partition coefficient (Wildman–Crippen LogP) is 0.467. The molecule has 0 aliphatic carbocycles. The standard InChI is InChI=1S/C15H18N6O2/c22-15(12-2-1-7-23-10-12)20-5-3-19(4-6-20)14-9-16-8-13-17-11-18-21(13)14/h8-11H,1-7H2. The number of rotatable bonds is 2. The van der Waals surface area contributed by atoms with Crippen molar-refractivity contribution >= 4 is 17.4 Å². The van der Waals surface area contributed by atoms with E-state index in [0.717, 1.165) is 43.0 Å². The maximum atomic E-state index is 12.5. The quantitative estimate of drug-likeness (QED) is 0.802. The van der Waals surface area contributed by atoms with Gasteiger partial charge in [-0.3, -0.25) is 9.78 Å². The van der Waals surface area contributed by atoms with E-state index >= 15 is 0 Å². The van der Waals surface area contributed by atoms with Crippen LogP contribution in [0.2, 0.25) is 0 Å². The summed E-state index contributed by atoms with van der Waals surface area (Å²) in [5.41, 5.74) is 1.51. The molecule has 8 nitrogen and oxygen atoms in total. The number of piperazine rings is 1. The first-order valence-electron chi connectivity index (χ1n) is 7.81. The van der Waals surface area contributed by atoms with Gasteiger partial charge < -0.3 is 14.5 Å². The van der Waals surface area contributed by atoms with E-state index in [1.807, 2.05) is 4.90 Å². The minimum Gasteiger partial charge on any atom is -0.501 e. The van der Waals surface area contributed by atoms with E-state index in [2.05, 4.69) is 20.0 Å². The lowest BCUT2D eigenvalue weighted by Gasteiger charge is -2.36. The Morgan fingerprint density at radius 1 is 1.17 bits per heavy atom. The first-order valence-corrected chi connectivity index (χ1v) is 7.81. The highest BCUT2D eigenvalue weighted by Gasteiger charge is 2.25. The molecule has 1 amide bonds. The van der Waals surface area contributed by atoms with Crippen molar-refractivity contribution in [3.8, 4) is 0 Å². The second-order valence-electron chi connectivity index (χ2n) is 5.69. The Labute approximate surface area is 133 Å². The number of ether oxygens (including phenoxy) is 1. The molecule has 0 unspecified atom stereocenters. The number of hydrogen-bond donors (Lipinski definition) is 0. The summed E-state index contributed by atoms with van der Waals surface area (Å²) in [7, 11) is 0. The van der Waals surface area contributed by atoms with E-state index in [1.165, 1.54) is 6.33 Å². The SMILES string of the molecule is O=C(C1=COCCC1)N1CCN(c2cncc3ncnn23)CC1. The van der Waals surface area contributed by atoms with Crippen LogP contribution in [0.15, 0.2) is 30.6 Å². The second-order valence-corrected chi connectivity index (χ2v) is 5.69. The predicted molar refractivity (Wildman–Crippen MR) is 82.8 cm³/mol. The second kappa shape index (κ2) is 5.86. The molecular formula is C15H18N6O2. The normalized spacial score (nSPS) is 18.7. The molecule has 4 rings (SSSR count). The molecule has 0 N–H and O–H groups in total. The lowest BCUT2D eigenvalue weighted by atomic mass is 10.1. The highest BCUT2D eigenvalue weighted by Crippen LogP contribution is 2.19. The van der Waals surface area contributed by atoms with Crippen molar-refractivity contribution in [1.82, 2.24) is 24.5 Å². The largest absolute Gasteiger partial charge is 0.501 e. The third kappa shape index (κ3) is 2.60. The van der Waals surface area contributed by atoms with Gasteiger partial charge in [0.25, 0.3) is 5.91 Å². The van der Waals surface area contributed by atoms with Gasteiger partial charge >= 0.3 is 0 Å². The molecule has 2 aliphatic heterocycles. The van der Waals surface area contributed by atoms with Crippen molar-refractivity contribution in [2.45, 2.75) is 12.8 Å². The van der Waals surface area contributed by atoms with E-state index in [1.54, 1.807) is 23.2 Å². The van der Waals surface area contributed by atoms with Crippen molar-refractivity contribution in [2.75, 3.05) is 37.7 Å². The van der Waals surface area contributed by atoms with Crippen molar-refractivity contribution < 1.29 is 9.53 Å². The summed E-state index contributed by atoms with van der Waals surface area (Å²) < 4.78 is 7.06. The third-order valence-electron chi connectivity index (χ3n) is 4.27.